The van der Waals surface area contributed by atoms with E-state index >= 15 is 0 Å². The third-order valence-corrected chi connectivity index (χ3v) is 4.05. The number of carbonyl (C=O) groups excluding carboxylic acids is 2. The molecule has 3 rings (SSSR count). The number of aromatic nitrogens is 1. The number of amides is 1. The maximum Gasteiger partial charge on any atom is 0.289 e. The number of rotatable bonds is 5. The minimum atomic E-state index is -0.915. The number of carbonyl (C=O) groups is 2. The standard InChI is InChI=1S/C19H18N2O2/c1-2-15-17(18(22)19(20)23)14-10-6-7-11-16(14)21(15)12-13-8-4-3-5-9-13/h3-11H,2,12H2,1H3,(H2,20,23). The number of Topliss-reactive ketones (excluding diaryl/α,β-unsaturated/α-hetero) is 1. The van der Waals surface area contributed by atoms with Crippen molar-refractivity contribution in [3.8, 4) is 0 Å². The van der Waals surface area contributed by atoms with E-state index in [0.717, 1.165) is 22.2 Å². The maximum atomic E-state index is 12.3. The number of ketones is 1. The SMILES string of the molecule is CCc1c(C(=O)C(N)=O)c2ccccc2n1Cc1ccccc1. The van der Waals surface area contributed by atoms with Crippen LogP contribution in [0.2, 0.25) is 0 Å². The van der Waals surface area contributed by atoms with Crippen LogP contribution in [0.15, 0.2) is 54.6 Å². The Hall–Kier alpha value is -2.88. The lowest BCUT2D eigenvalue weighted by Gasteiger charge is -2.10. The van der Waals surface area contributed by atoms with E-state index in [4.69, 9.17) is 5.73 Å². The molecular weight excluding hydrogens is 288 g/mol. The second kappa shape index (κ2) is 6.08. The number of nitrogens with zero attached hydrogens (tertiary/aromatic N) is 1. The van der Waals surface area contributed by atoms with E-state index in [9.17, 15) is 9.59 Å². The van der Waals surface area contributed by atoms with Crippen LogP contribution >= 0.6 is 0 Å². The molecule has 0 saturated carbocycles. The number of nitrogens with two attached hydrogens (primary N) is 1. The van der Waals surface area contributed by atoms with Crippen molar-refractivity contribution in [2.75, 3.05) is 0 Å². The van der Waals surface area contributed by atoms with Crippen LogP contribution in [-0.4, -0.2) is 16.3 Å². The van der Waals surface area contributed by atoms with Gasteiger partial charge in [-0.25, -0.2) is 0 Å². The molecule has 0 bridgehead atoms. The predicted octanol–water partition coefficient (Wildman–Crippen LogP) is 2.92. The van der Waals surface area contributed by atoms with E-state index < -0.39 is 11.7 Å². The Morgan fingerprint density at radius 1 is 1.00 bits per heavy atom. The first-order valence-electron chi connectivity index (χ1n) is 7.61. The number of benzene rings is 2. The molecule has 1 heterocycles. The van der Waals surface area contributed by atoms with Crippen LogP contribution in [0.1, 0.15) is 28.5 Å². The zero-order chi connectivity index (χ0) is 16.4. The van der Waals surface area contributed by atoms with Gasteiger partial charge in [-0.05, 0) is 18.1 Å². The average molecular weight is 306 g/mol. The molecule has 3 aromatic rings. The van der Waals surface area contributed by atoms with Gasteiger partial charge in [-0.15, -0.1) is 0 Å². The number of fused-ring (bicyclic) bond motifs is 1. The van der Waals surface area contributed by atoms with Crippen molar-refractivity contribution in [2.45, 2.75) is 19.9 Å². The van der Waals surface area contributed by atoms with Gasteiger partial charge in [0.05, 0.1) is 5.56 Å². The van der Waals surface area contributed by atoms with Gasteiger partial charge in [0.15, 0.2) is 0 Å². The molecule has 0 saturated heterocycles. The number of primary amides is 1. The number of hydrogen-bond acceptors (Lipinski definition) is 2. The number of hydrogen-bond donors (Lipinski definition) is 1. The molecule has 2 aromatic carbocycles. The highest BCUT2D eigenvalue weighted by molar-refractivity contribution is 6.44. The number of para-hydroxylation sites is 1. The van der Waals surface area contributed by atoms with E-state index in [-0.39, 0.29) is 0 Å². The van der Waals surface area contributed by atoms with Crippen molar-refractivity contribution in [2.24, 2.45) is 5.73 Å². The molecule has 0 aliphatic rings. The molecule has 0 fully saturated rings. The first kappa shape index (κ1) is 15.0. The molecule has 0 aliphatic carbocycles. The summed E-state index contributed by atoms with van der Waals surface area (Å²) in [5.41, 5.74) is 8.61. The summed E-state index contributed by atoms with van der Waals surface area (Å²) in [6.07, 6.45) is 0.649. The fourth-order valence-electron chi connectivity index (χ4n) is 3.05. The lowest BCUT2D eigenvalue weighted by molar-refractivity contribution is -0.114. The van der Waals surface area contributed by atoms with Crippen LogP contribution in [0.5, 0.6) is 0 Å². The molecule has 0 radical (unpaired) electrons. The van der Waals surface area contributed by atoms with E-state index in [0.29, 0.717) is 18.5 Å². The Morgan fingerprint density at radius 2 is 1.65 bits per heavy atom. The van der Waals surface area contributed by atoms with E-state index in [1.807, 2.05) is 61.5 Å². The topological polar surface area (TPSA) is 65.1 Å². The second-order valence-electron chi connectivity index (χ2n) is 5.46. The summed E-state index contributed by atoms with van der Waals surface area (Å²) in [6, 6.07) is 17.7. The monoisotopic (exact) mass is 306 g/mol. The van der Waals surface area contributed by atoms with Gasteiger partial charge in [0.2, 0.25) is 0 Å². The molecule has 0 spiro atoms. The van der Waals surface area contributed by atoms with Crippen LogP contribution in [0.3, 0.4) is 0 Å². The lowest BCUT2D eigenvalue weighted by atomic mass is 10.0. The molecule has 2 N–H and O–H groups in total. The van der Waals surface area contributed by atoms with E-state index in [2.05, 4.69) is 4.57 Å². The van der Waals surface area contributed by atoms with Crippen molar-refractivity contribution < 1.29 is 9.59 Å². The fraction of sp³-hybridized carbons (Fsp3) is 0.158. The van der Waals surface area contributed by atoms with Crippen molar-refractivity contribution in [3.63, 3.8) is 0 Å². The van der Waals surface area contributed by atoms with Crippen molar-refractivity contribution in [3.05, 3.63) is 71.4 Å². The first-order valence-corrected chi connectivity index (χ1v) is 7.61. The Balaban J connectivity index is 2.25. The van der Waals surface area contributed by atoms with Gasteiger partial charge in [-0.3, -0.25) is 9.59 Å². The third kappa shape index (κ3) is 2.63. The Bertz CT molecular complexity index is 879. The van der Waals surface area contributed by atoms with Crippen molar-refractivity contribution >= 4 is 22.6 Å². The second-order valence-corrected chi connectivity index (χ2v) is 5.46. The lowest BCUT2D eigenvalue weighted by Crippen LogP contribution is -2.24. The molecule has 4 heteroatoms. The minimum Gasteiger partial charge on any atom is -0.363 e. The van der Waals surface area contributed by atoms with Gasteiger partial charge in [0.1, 0.15) is 0 Å². The molecule has 1 amide bonds. The fourth-order valence-corrected chi connectivity index (χ4v) is 3.05. The molecule has 116 valence electrons. The maximum absolute atomic E-state index is 12.3. The third-order valence-electron chi connectivity index (χ3n) is 4.05. The summed E-state index contributed by atoms with van der Waals surface area (Å²) >= 11 is 0. The summed E-state index contributed by atoms with van der Waals surface area (Å²) < 4.78 is 2.10. The van der Waals surface area contributed by atoms with Gasteiger partial charge in [0.25, 0.3) is 11.7 Å². The zero-order valence-electron chi connectivity index (χ0n) is 13.0. The molecule has 0 atom stereocenters. The Kier molecular flexibility index (Phi) is 3.98. The summed E-state index contributed by atoms with van der Waals surface area (Å²) in [7, 11) is 0. The summed E-state index contributed by atoms with van der Waals surface area (Å²) in [5, 5.41) is 0.782. The summed E-state index contributed by atoms with van der Waals surface area (Å²) in [4.78, 5) is 23.8. The molecule has 4 nitrogen and oxygen atoms in total. The highest BCUT2D eigenvalue weighted by atomic mass is 16.2. The molecule has 0 unspecified atom stereocenters. The Labute approximate surface area is 134 Å². The smallest absolute Gasteiger partial charge is 0.289 e. The molecule has 23 heavy (non-hydrogen) atoms. The van der Waals surface area contributed by atoms with Gasteiger partial charge < -0.3 is 10.3 Å². The van der Waals surface area contributed by atoms with E-state index in [1.54, 1.807) is 0 Å². The van der Waals surface area contributed by atoms with Gasteiger partial charge in [-0.2, -0.15) is 0 Å². The average Bonchev–Trinajstić information content (AvgIpc) is 2.88. The highest BCUT2D eigenvalue weighted by Crippen LogP contribution is 2.28. The van der Waals surface area contributed by atoms with Crippen molar-refractivity contribution in [1.82, 2.24) is 4.57 Å². The van der Waals surface area contributed by atoms with Crippen LogP contribution in [0.4, 0.5) is 0 Å². The van der Waals surface area contributed by atoms with Crippen LogP contribution in [-0.2, 0) is 17.8 Å². The van der Waals surface area contributed by atoms with Gasteiger partial charge in [0, 0.05) is 23.1 Å². The molecule has 1 aromatic heterocycles. The van der Waals surface area contributed by atoms with Crippen LogP contribution in [0, 0.1) is 0 Å². The first-order chi connectivity index (χ1) is 11.1. The minimum absolute atomic E-state index is 0.437. The zero-order valence-corrected chi connectivity index (χ0v) is 13.0. The van der Waals surface area contributed by atoms with E-state index in [1.165, 1.54) is 0 Å². The molecule has 0 aliphatic heterocycles. The molecular formula is C19H18N2O2. The summed E-state index contributed by atoms with van der Waals surface area (Å²) in [6.45, 7) is 2.63. The highest BCUT2D eigenvalue weighted by Gasteiger charge is 2.24. The largest absolute Gasteiger partial charge is 0.363 e. The quantitative estimate of drug-likeness (QED) is 0.582. The normalized spacial score (nSPS) is 10.8. The van der Waals surface area contributed by atoms with Crippen LogP contribution < -0.4 is 5.73 Å². The van der Waals surface area contributed by atoms with Crippen LogP contribution in [0.25, 0.3) is 10.9 Å². The van der Waals surface area contributed by atoms with Gasteiger partial charge >= 0.3 is 0 Å². The predicted molar refractivity (Wildman–Crippen MR) is 90.4 cm³/mol. The summed E-state index contributed by atoms with van der Waals surface area (Å²) in [5.74, 6) is -1.54. The van der Waals surface area contributed by atoms with Gasteiger partial charge in [-0.1, -0.05) is 55.5 Å². The van der Waals surface area contributed by atoms with Crippen molar-refractivity contribution in [1.29, 1.82) is 0 Å². The Morgan fingerprint density at radius 3 is 2.30 bits per heavy atom.